The minimum Gasteiger partial charge on any atom is -0.368 e. The molecule has 2 rings (SSSR count). The molecular formula is C14H20N2O. The molecule has 0 spiro atoms. The predicted octanol–water partition coefficient (Wildman–Crippen LogP) is 1.40. The van der Waals surface area contributed by atoms with Crippen LogP contribution in [0.25, 0.3) is 0 Å². The molecule has 1 aliphatic rings. The van der Waals surface area contributed by atoms with Gasteiger partial charge in [-0.1, -0.05) is 24.3 Å². The SMILES string of the molecule is CC(C)NC1(C(N)=O)CCc2ccccc2C1. The fourth-order valence-corrected chi connectivity index (χ4v) is 2.69. The van der Waals surface area contributed by atoms with Gasteiger partial charge in [-0.15, -0.1) is 0 Å². The lowest BCUT2D eigenvalue weighted by Crippen LogP contribution is -2.60. The number of nitrogens with one attached hydrogen (secondary N) is 1. The molecule has 17 heavy (non-hydrogen) atoms. The highest BCUT2D eigenvalue weighted by Gasteiger charge is 2.39. The van der Waals surface area contributed by atoms with Crippen LogP contribution in [0.1, 0.15) is 31.4 Å². The van der Waals surface area contributed by atoms with Crippen LogP contribution in [0.2, 0.25) is 0 Å². The zero-order chi connectivity index (χ0) is 12.5. The summed E-state index contributed by atoms with van der Waals surface area (Å²) in [5.41, 5.74) is 7.62. The molecule has 92 valence electrons. The molecule has 0 aliphatic heterocycles. The van der Waals surface area contributed by atoms with Crippen LogP contribution in [-0.4, -0.2) is 17.5 Å². The second kappa shape index (κ2) is 4.49. The van der Waals surface area contributed by atoms with Crippen molar-refractivity contribution in [3.63, 3.8) is 0 Å². The number of aryl methyl sites for hydroxylation is 1. The van der Waals surface area contributed by atoms with Crippen molar-refractivity contribution < 1.29 is 4.79 Å². The molecule has 1 aromatic carbocycles. The summed E-state index contributed by atoms with van der Waals surface area (Å²) in [5.74, 6) is -0.235. The van der Waals surface area contributed by atoms with E-state index in [0.717, 1.165) is 12.8 Å². The van der Waals surface area contributed by atoms with Gasteiger partial charge in [0, 0.05) is 6.04 Å². The fraction of sp³-hybridized carbons (Fsp3) is 0.500. The van der Waals surface area contributed by atoms with Gasteiger partial charge >= 0.3 is 0 Å². The number of hydrogen-bond acceptors (Lipinski definition) is 2. The number of fused-ring (bicyclic) bond motifs is 1. The second-order valence-corrected chi connectivity index (χ2v) is 5.19. The molecule has 3 nitrogen and oxygen atoms in total. The Morgan fingerprint density at radius 1 is 1.35 bits per heavy atom. The maximum absolute atomic E-state index is 11.8. The Bertz CT molecular complexity index is 428. The number of carbonyl (C=O) groups is 1. The van der Waals surface area contributed by atoms with Crippen molar-refractivity contribution in [1.82, 2.24) is 5.32 Å². The zero-order valence-electron chi connectivity index (χ0n) is 10.5. The van der Waals surface area contributed by atoms with Crippen molar-refractivity contribution >= 4 is 5.91 Å². The summed E-state index contributed by atoms with van der Waals surface area (Å²) in [7, 11) is 0. The Morgan fingerprint density at radius 2 is 2.00 bits per heavy atom. The first-order valence-electron chi connectivity index (χ1n) is 6.18. The van der Waals surface area contributed by atoms with E-state index in [1.807, 2.05) is 26.0 Å². The summed E-state index contributed by atoms with van der Waals surface area (Å²) < 4.78 is 0. The molecule has 3 heteroatoms. The highest BCUT2D eigenvalue weighted by atomic mass is 16.1. The van der Waals surface area contributed by atoms with Gasteiger partial charge in [0.05, 0.1) is 0 Å². The van der Waals surface area contributed by atoms with Crippen LogP contribution in [-0.2, 0) is 17.6 Å². The molecule has 0 fully saturated rings. The summed E-state index contributed by atoms with van der Waals surface area (Å²) in [6, 6.07) is 8.55. The first-order valence-corrected chi connectivity index (χ1v) is 6.18. The first kappa shape index (κ1) is 12.1. The van der Waals surface area contributed by atoms with E-state index < -0.39 is 5.54 Å². The molecule has 1 aliphatic carbocycles. The van der Waals surface area contributed by atoms with Crippen LogP contribution in [0.3, 0.4) is 0 Å². The van der Waals surface area contributed by atoms with Gasteiger partial charge in [0.2, 0.25) is 5.91 Å². The standard InChI is InChI=1S/C14H20N2O/c1-10(2)16-14(13(15)17)8-7-11-5-3-4-6-12(11)9-14/h3-6,10,16H,7-9H2,1-2H3,(H2,15,17). The molecule has 0 saturated heterocycles. The Hall–Kier alpha value is -1.35. The number of benzene rings is 1. The van der Waals surface area contributed by atoms with E-state index in [2.05, 4.69) is 17.4 Å². The summed E-state index contributed by atoms with van der Waals surface area (Å²) in [5, 5.41) is 3.36. The van der Waals surface area contributed by atoms with Crippen LogP contribution < -0.4 is 11.1 Å². The van der Waals surface area contributed by atoms with Gasteiger partial charge < -0.3 is 11.1 Å². The number of amides is 1. The van der Waals surface area contributed by atoms with Crippen molar-refractivity contribution in [3.05, 3.63) is 35.4 Å². The smallest absolute Gasteiger partial charge is 0.238 e. The summed E-state index contributed by atoms with van der Waals surface area (Å²) in [6.45, 7) is 4.09. The Labute approximate surface area is 102 Å². The predicted molar refractivity (Wildman–Crippen MR) is 68.7 cm³/mol. The maximum Gasteiger partial charge on any atom is 0.238 e. The normalized spacial score (nSPS) is 23.5. The molecule has 1 aromatic rings. The van der Waals surface area contributed by atoms with Crippen LogP contribution in [0, 0.1) is 0 Å². The molecule has 0 heterocycles. The summed E-state index contributed by atoms with van der Waals surface area (Å²) >= 11 is 0. The number of carbonyl (C=O) groups excluding carboxylic acids is 1. The molecule has 0 aromatic heterocycles. The molecule has 0 saturated carbocycles. The van der Waals surface area contributed by atoms with Crippen molar-refractivity contribution in [2.24, 2.45) is 5.73 Å². The maximum atomic E-state index is 11.8. The highest BCUT2D eigenvalue weighted by molar-refractivity contribution is 5.85. The van der Waals surface area contributed by atoms with Crippen molar-refractivity contribution in [2.45, 2.75) is 44.7 Å². The third-order valence-corrected chi connectivity index (χ3v) is 3.47. The van der Waals surface area contributed by atoms with Gasteiger partial charge in [0.1, 0.15) is 5.54 Å². The monoisotopic (exact) mass is 232 g/mol. The average molecular weight is 232 g/mol. The van der Waals surface area contributed by atoms with Gasteiger partial charge in [0.25, 0.3) is 0 Å². The largest absolute Gasteiger partial charge is 0.368 e. The summed E-state index contributed by atoms with van der Waals surface area (Å²) in [6.07, 6.45) is 2.41. The van der Waals surface area contributed by atoms with E-state index in [1.54, 1.807) is 0 Å². The zero-order valence-corrected chi connectivity index (χ0v) is 10.5. The fourth-order valence-electron chi connectivity index (χ4n) is 2.69. The number of rotatable bonds is 3. The topological polar surface area (TPSA) is 55.1 Å². The average Bonchev–Trinajstić information content (AvgIpc) is 2.27. The van der Waals surface area contributed by atoms with Crippen LogP contribution in [0.4, 0.5) is 0 Å². The van der Waals surface area contributed by atoms with Gasteiger partial charge in [0.15, 0.2) is 0 Å². The van der Waals surface area contributed by atoms with Gasteiger partial charge in [-0.05, 0) is 44.2 Å². The number of primary amides is 1. The number of hydrogen-bond donors (Lipinski definition) is 2. The minimum atomic E-state index is -0.567. The van der Waals surface area contributed by atoms with E-state index in [4.69, 9.17) is 5.73 Å². The van der Waals surface area contributed by atoms with Crippen molar-refractivity contribution in [2.75, 3.05) is 0 Å². The first-order chi connectivity index (χ1) is 8.03. The molecule has 0 bridgehead atoms. The van der Waals surface area contributed by atoms with Gasteiger partial charge in [-0.3, -0.25) is 4.79 Å². The van der Waals surface area contributed by atoms with Crippen molar-refractivity contribution in [3.8, 4) is 0 Å². The Morgan fingerprint density at radius 3 is 2.59 bits per heavy atom. The molecule has 0 radical (unpaired) electrons. The molecule has 3 N–H and O–H groups in total. The third-order valence-electron chi connectivity index (χ3n) is 3.47. The van der Waals surface area contributed by atoms with E-state index in [-0.39, 0.29) is 11.9 Å². The van der Waals surface area contributed by atoms with Crippen LogP contribution in [0.15, 0.2) is 24.3 Å². The Kier molecular flexibility index (Phi) is 3.20. The Balaban J connectivity index is 2.31. The third kappa shape index (κ3) is 2.34. The summed E-state index contributed by atoms with van der Waals surface area (Å²) in [4.78, 5) is 11.8. The van der Waals surface area contributed by atoms with E-state index in [1.165, 1.54) is 11.1 Å². The van der Waals surface area contributed by atoms with E-state index >= 15 is 0 Å². The molecule has 1 atom stereocenters. The lowest BCUT2D eigenvalue weighted by atomic mass is 9.77. The van der Waals surface area contributed by atoms with E-state index in [0.29, 0.717) is 6.42 Å². The van der Waals surface area contributed by atoms with Crippen LogP contribution in [0.5, 0.6) is 0 Å². The minimum absolute atomic E-state index is 0.235. The van der Waals surface area contributed by atoms with Crippen LogP contribution >= 0.6 is 0 Å². The number of nitrogens with two attached hydrogens (primary N) is 1. The van der Waals surface area contributed by atoms with Gasteiger partial charge in [-0.2, -0.15) is 0 Å². The second-order valence-electron chi connectivity index (χ2n) is 5.19. The van der Waals surface area contributed by atoms with E-state index in [9.17, 15) is 4.79 Å². The molecule has 1 unspecified atom stereocenters. The highest BCUT2D eigenvalue weighted by Crippen LogP contribution is 2.29. The molecular weight excluding hydrogens is 212 g/mol. The lowest BCUT2D eigenvalue weighted by Gasteiger charge is -2.38. The van der Waals surface area contributed by atoms with Crippen molar-refractivity contribution in [1.29, 1.82) is 0 Å². The van der Waals surface area contributed by atoms with Gasteiger partial charge in [-0.25, -0.2) is 0 Å². The lowest BCUT2D eigenvalue weighted by molar-refractivity contribution is -0.125. The molecule has 1 amide bonds. The quantitative estimate of drug-likeness (QED) is 0.827.